The van der Waals surface area contributed by atoms with Gasteiger partial charge in [0, 0.05) is 3.57 Å². The van der Waals surface area contributed by atoms with Crippen LogP contribution in [-0.2, 0) is 0 Å². The molecule has 1 aromatic carbocycles. The fourth-order valence-electron chi connectivity index (χ4n) is 0.483. The van der Waals surface area contributed by atoms with Crippen LogP contribution in [0.4, 0.5) is 4.39 Å². The van der Waals surface area contributed by atoms with Crippen LogP contribution in [0.2, 0.25) is 0 Å². The van der Waals surface area contributed by atoms with Gasteiger partial charge in [-0.05, 0) is 34.7 Å². The first kappa shape index (κ1) is 6.80. The minimum absolute atomic E-state index is 0.424. The highest BCUT2D eigenvalue weighted by atomic mass is 127. The van der Waals surface area contributed by atoms with Crippen molar-refractivity contribution in [3.8, 4) is 5.75 Å². The van der Waals surface area contributed by atoms with E-state index >= 15 is 0 Å². The molecule has 0 unspecified atom stereocenters. The Hall–Kier alpha value is -0.320. The van der Waals surface area contributed by atoms with E-state index in [0.717, 1.165) is 6.07 Å². The van der Waals surface area contributed by atoms with Gasteiger partial charge < -0.3 is 5.11 Å². The van der Waals surface area contributed by atoms with Gasteiger partial charge in [0.25, 0.3) is 0 Å². The summed E-state index contributed by atoms with van der Waals surface area (Å²) in [6.45, 7) is 0. The Morgan fingerprint density at radius 2 is 2.11 bits per heavy atom. The van der Waals surface area contributed by atoms with Crippen molar-refractivity contribution in [2.75, 3.05) is 0 Å². The average Bonchev–Trinajstić information content (AvgIpc) is 1.83. The third-order valence-electron chi connectivity index (χ3n) is 0.919. The van der Waals surface area contributed by atoms with Crippen LogP contribution in [0.15, 0.2) is 18.2 Å². The van der Waals surface area contributed by atoms with Crippen LogP contribution in [0.25, 0.3) is 0 Å². The van der Waals surface area contributed by atoms with Crippen LogP contribution >= 0.6 is 22.6 Å². The SMILES string of the molecule is [O-]c1c(F)cccc1I. The highest BCUT2D eigenvalue weighted by molar-refractivity contribution is 14.1. The second-order valence-corrected chi connectivity index (χ2v) is 2.71. The van der Waals surface area contributed by atoms with Gasteiger partial charge in [0.05, 0.1) is 0 Å². The fraction of sp³-hybridized carbons (Fsp3) is 0. The Labute approximate surface area is 65.7 Å². The number of hydrogen-bond donors (Lipinski definition) is 0. The van der Waals surface area contributed by atoms with Crippen molar-refractivity contribution in [3.05, 3.63) is 27.6 Å². The first-order chi connectivity index (χ1) is 4.22. The maximum atomic E-state index is 12.3. The molecule has 0 heterocycles. The minimum Gasteiger partial charge on any atom is -0.870 e. The number of benzene rings is 1. The zero-order valence-corrected chi connectivity index (χ0v) is 6.55. The van der Waals surface area contributed by atoms with E-state index in [1.807, 2.05) is 0 Å². The van der Waals surface area contributed by atoms with E-state index in [-0.39, 0.29) is 0 Å². The Balaban J connectivity index is 3.25. The molecule has 0 aromatic heterocycles. The molecule has 1 nitrogen and oxygen atoms in total. The lowest BCUT2D eigenvalue weighted by Crippen LogP contribution is -1.95. The van der Waals surface area contributed by atoms with Crippen molar-refractivity contribution in [3.63, 3.8) is 0 Å². The molecule has 0 aliphatic carbocycles. The van der Waals surface area contributed by atoms with Gasteiger partial charge in [-0.2, -0.15) is 0 Å². The molecule has 0 saturated carbocycles. The molecule has 0 spiro atoms. The summed E-state index contributed by atoms with van der Waals surface area (Å²) in [7, 11) is 0. The Morgan fingerprint density at radius 3 is 2.56 bits per heavy atom. The first-order valence-corrected chi connectivity index (χ1v) is 3.40. The van der Waals surface area contributed by atoms with E-state index in [9.17, 15) is 9.50 Å². The Kier molecular flexibility index (Phi) is 1.90. The van der Waals surface area contributed by atoms with E-state index in [1.165, 1.54) is 6.07 Å². The molecular weight excluding hydrogens is 234 g/mol. The maximum Gasteiger partial charge on any atom is 0.116 e. The van der Waals surface area contributed by atoms with E-state index in [2.05, 4.69) is 0 Å². The summed E-state index contributed by atoms with van der Waals surface area (Å²) in [5.41, 5.74) is 0. The zero-order chi connectivity index (χ0) is 6.85. The summed E-state index contributed by atoms with van der Waals surface area (Å²) < 4.78 is 12.7. The van der Waals surface area contributed by atoms with Crippen LogP contribution in [0, 0.1) is 9.39 Å². The molecule has 0 amide bonds. The van der Waals surface area contributed by atoms with Gasteiger partial charge in [-0.3, -0.25) is 0 Å². The Morgan fingerprint density at radius 1 is 1.44 bits per heavy atom. The van der Waals surface area contributed by atoms with Gasteiger partial charge in [0.15, 0.2) is 0 Å². The predicted octanol–water partition coefficient (Wildman–Crippen LogP) is 1.50. The fourth-order valence-corrected chi connectivity index (χ4v) is 0.948. The van der Waals surface area contributed by atoms with Gasteiger partial charge in [-0.1, -0.05) is 11.8 Å². The molecule has 0 saturated heterocycles. The minimum atomic E-state index is -0.679. The highest BCUT2D eigenvalue weighted by Crippen LogP contribution is 2.18. The van der Waals surface area contributed by atoms with Gasteiger partial charge >= 0.3 is 0 Å². The van der Waals surface area contributed by atoms with Crippen molar-refractivity contribution < 1.29 is 9.50 Å². The highest BCUT2D eigenvalue weighted by Gasteiger charge is 1.91. The second kappa shape index (κ2) is 2.51. The monoisotopic (exact) mass is 237 g/mol. The van der Waals surface area contributed by atoms with Crippen molar-refractivity contribution in [1.82, 2.24) is 0 Å². The summed E-state index contributed by atoms with van der Waals surface area (Å²) in [4.78, 5) is 0. The zero-order valence-electron chi connectivity index (χ0n) is 4.40. The molecule has 0 N–H and O–H groups in total. The molecule has 0 bridgehead atoms. The average molecular weight is 237 g/mol. The number of halogens is 2. The van der Waals surface area contributed by atoms with Gasteiger partial charge in [-0.25, -0.2) is 4.39 Å². The molecule has 48 valence electrons. The molecule has 0 aliphatic heterocycles. The van der Waals surface area contributed by atoms with Crippen LogP contribution in [0.5, 0.6) is 5.75 Å². The standard InChI is InChI=1S/C6H4FIO/c7-4-2-1-3-5(8)6(4)9/h1-3,9H/p-1. The summed E-state index contributed by atoms with van der Waals surface area (Å²) in [5, 5.41) is 10.6. The molecule has 9 heavy (non-hydrogen) atoms. The summed E-state index contributed by atoms with van der Waals surface area (Å²) in [6, 6.07) is 4.25. The molecule has 0 aliphatic rings. The predicted molar refractivity (Wildman–Crippen MR) is 38.6 cm³/mol. The molecule has 0 radical (unpaired) electrons. The van der Waals surface area contributed by atoms with Crippen molar-refractivity contribution in [2.24, 2.45) is 0 Å². The van der Waals surface area contributed by atoms with Gasteiger partial charge in [-0.15, -0.1) is 0 Å². The van der Waals surface area contributed by atoms with Crippen LogP contribution in [-0.4, -0.2) is 0 Å². The van der Waals surface area contributed by atoms with Crippen molar-refractivity contribution in [1.29, 1.82) is 0 Å². The summed E-state index contributed by atoms with van der Waals surface area (Å²) in [6.07, 6.45) is 0. The maximum absolute atomic E-state index is 12.3. The lowest BCUT2D eigenvalue weighted by molar-refractivity contribution is -0.273. The van der Waals surface area contributed by atoms with Crippen molar-refractivity contribution >= 4 is 22.6 Å². The summed E-state index contributed by atoms with van der Waals surface area (Å²) >= 11 is 1.80. The number of rotatable bonds is 0. The third-order valence-corrected chi connectivity index (χ3v) is 1.77. The van der Waals surface area contributed by atoms with E-state index in [1.54, 1.807) is 28.7 Å². The lowest BCUT2D eigenvalue weighted by atomic mass is 10.3. The third kappa shape index (κ3) is 1.32. The number of hydrogen-bond acceptors (Lipinski definition) is 1. The largest absolute Gasteiger partial charge is 0.870 e. The first-order valence-electron chi connectivity index (χ1n) is 2.33. The van der Waals surface area contributed by atoms with Crippen LogP contribution in [0.1, 0.15) is 0 Å². The normalized spacial score (nSPS) is 9.56. The molecule has 1 aromatic rings. The van der Waals surface area contributed by atoms with E-state index < -0.39 is 11.6 Å². The van der Waals surface area contributed by atoms with E-state index in [0.29, 0.717) is 3.57 Å². The summed E-state index contributed by atoms with van der Waals surface area (Å²) in [5.74, 6) is -1.19. The van der Waals surface area contributed by atoms with Gasteiger partial charge in [0.2, 0.25) is 0 Å². The van der Waals surface area contributed by atoms with Gasteiger partial charge in [0.1, 0.15) is 5.82 Å². The van der Waals surface area contributed by atoms with Crippen LogP contribution < -0.4 is 5.11 Å². The van der Waals surface area contributed by atoms with Crippen molar-refractivity contribution in [2.45, 2.75) is 0 Å². The molecule has 0 fully saturated rings. The Bertz CT molecular complexity index is 204. The molecular formula is C6H3FIO-. The quantitative estimate of drug-likeness (QED) is 0.627. The van der Waals surface area contributed by atoms with Crippen LogP contribution in [0.3, 0.4) is 0 Å². The smallest absolute Gasteiger partial charge is 0.116 e. The topological polar surface area (TPSA) is 23.1 Å². The molecule has 1 rings (SSSR count). The second-order valence-electron chi connectivity index (χ2n) is 1.55. The molecule has 3 heteroatoms. The number of para-hydroxylation sites is 1. The molecule has 0 atom stereocenters. The van der Waals surface area contributed by atoms with E-state index in [4.69, 9.17) is 0 Å². The lowest BCUT2D eigenvalue weighted by Gasteiger charge is -2.07.